The Morgan fingerprint density at radius 1 is 1.32 bits per heavy atom. The fourth-order valence-corrected chi connectivity index (χ4v) is 1.93. The third-order valence-electron chi connectivity index (χ3n) is 2.43. The van der Waals surface area contributed by atoms with Crippen LogP contribution in [0.3, 0.4) is 0 Å². The maximum absolute atomic E-state index is 13.3. The molecule has 0 aliphatic heterocycles. The van der Waals surface area contributed by atoms with Crippen LogP contribution in [-0.4, -0.2) is 19.4 Å². The van der Waals surface area contributed by atoms with Gasteiger partial charge in [-0.2, -0.15) is 4.39 Å². The molecule has 3 aromatic heterocycles. The molecular weight excluding hydrogens is 315 g/mol. The van der Waals surface area contributed by atoms with E-state index < -0.39 is 5.95 Å². The summed E-state index contributed by atoms with van der Waals surface area (Å²) in [5.74, 6) is 0.0364. The number of rotatable bonds is 3. The molecule has 3 rings (SSSR count). The van der Waals surface area contributed by atoms with Crippen molar-refractivity contribution in [3.63, 3.8) is 0 Å². The number of imidazole rings is 1. The average Bonchev–Trinajstić information content (AvgIpc) is 2.79. The molecule has 3 heterocycles. The molecule has 3 aromatic rings. The van der Waals surface area contributed by atoms with Crippen LogP contribution in [0.2, 0.25) is 0 Å². The van der Waals surface area contributed by atoms with Crippen LogP contribution in [0, 0.1) is 5.95 Å². The van der Waals surface area contributed by atoms with Crippen molar-refractivity contribution in [2.45, 2.75) is 6.61 Å². The molecule has 0 spiro atoms. The lowest BCUT2D eigenvalue weighted by Crippen LogP contribution is -1.98. The van der Waals surface area contributed by atoms with Gasteiger partial charge in [-0.05, 0) is 28.1 Å². The summed E-state index contributed by atoms with van der Waals surface area (Å²) in [6.07, 6.45) is 6.65. The molecule has 0 aliphatic carbocycles. The van der Waals surface area contributed by atoms with Crippen LogP contribution < -0.4 is 4.74 Å². The second-order valence-corrected chi connectivity index (χ2v) is 4.71. The third kappa shape index (κ3) is 2.55. The van der Waals surface area contributed by atoms with Gasteiger partial charge in [0.15, 0.2) is 5.75 Å². The van der Waals surface area contributed by atoms with Gasteiger partial charge in [-0.15, -0.1) is 0 Å². The minimum absolute atomic E-state index is 0.105. The molecule has 0 unspecified atom stereocenters. The highest BCUT2D eigenvalue weighted by molar-refractivity contribution is 9.10. The highest BCUT2D eigenvalue weighted by Crippen LogP contribution is 2.15. The second-order valence-electron chi connectivity index (χ2n) is 3.79. The van der Waals surface area contributed by atoms with Crippen LogP contribution in [0.1, 0.15) is 5.69 Å². The number of hydrogen-bond donors (Lipinski definition) is 0. The molecule has 19 heavy (non-hydrogen) atoms. The third-order valence-corrected chi connectivity index (χ3v) is 2.84. The SMILES string of the molecule is Fc1ncccc1OCc1cn2cc(Br)cnc2n1. The molecule has 0 aliphatic rings. The van der Waals surface area contributed by atoms with Crippen molar-refractivity contribution < 1.29 is 9.13 Å². The average molecular weight is 323 g/mol. The number of nitrogens with zero attached hydrogens (tertiary/aromatic N) is 4. The van der Waals surface area contributed by atoms with E-state index in [-0.39, 0.29) is 12.4 Å². The monoisotopic (exact) mass is 322 g/mol. The van der Waals surface area contributed by atoms with Gasteiger partial charge in [0.1, 0.15) is 6.61 Å². The van der Waals surface area contributed by atoms with Crippen molar-refractivity contribution in [2.24, 2.45) is 0 Å². The molecular formula is C12H8BrFN4O. The molecule has 96 valence electrons. The Kier molecular flexibility index (Phi) is 3.12. The molecule has 0 atom stereocenters. The van der Waals surface area contributed by atoms with Gasteiger partial charge in [0.25, 0.3) is 5.95 Å². The Morgan fingerprint density at radius 3 is 3.05 bits per heavy atom. The van der Waals surface area contributed by atoms with Crippen molar-refractivity contribution in [1.82, 2.24) is 19.4 Å². The number of aromatic nitrogens is 4. The normalized spacial score (nSPS) is 10.8. The van der Waals surface area contributed by atoms with E-state index in [1.807, 2.05) is 6.20 Å². The fraction of sp³-hybridized carbons (Fsp3) is 0.0833. The number of halogens is 2. The molecule has 0 radical (unpaired) electrons. The first-order valence-electron chi connectivity index (χ1n) is 5.45. The minimum Gasteiger partial charge on any atom is -0.482 e. The van der Waals surface area contributed by atoms with Gasteiger partial charge in [-0.25, -0.2) is 15.0 Å². The standard InChI is InChI=1S/C12H8BrFN4O/c13-8-4-16-12-17-9(6-18(12)5-8)7-19-10-2-1-3-15-11(10)14/h1-6H,7H2. The Labute approximate surface area is 116 Å². The topological polar surface area (TPSA) is 52.3 Å². The summed E-state index contributed by atoms with van der Waals surface area (Å²) in [6.45, 7) is 0.156. The molecule has 0 saturated carbocycles. The fourth-order valence-electron chi connectivity index (χ4n) is 1.61. The van der Waals surface area contributed by atoms with E-state index in [9.17, 15) is 4.39 Å². The van der Waals surface area contributed by atoms with Gasteiger partial charge in [0, 0.05) is 24.8 Å². The van der Waals surface area contributed by atoms with Crippen LogP contribution in [-0.2, 0) is 6.61 Å². The number of fused-ring (bicyclic) bond motifs is 1. The van der Waals surface area contributed by atoms with E-state index in [1.54, 1.807) is 22.9 Å². The summed E-state index contributed by atoms with van der Waals surface area (Å²) in [5, 5.41) is 0. The van der Waals surface area contributed by atoms with Crippen molar-refractivity contribution in [2.75, 3.05) is 0 Å². The summed E-state index contributed by atoms with van der Waals surface area (Å²) in [7, 11) is 0. The van der Waals surface area contributed by atoms with Gasteiger partial charge >= 0.3 is 0 Å². The van der Waals surface area contributed by atoms with Gasteiger partial charge in [-0.1, -0.05) is 0 Å². The van der Waals surface area contributed by atoms with E-state index in [0.29, 0.717) is 11.5 Å². The van der Waals surface area contributed by atoms with E-state index in [2.05, 4.69) is 30.9 Å². The predicted octanol–water partition coefficient (Wildman–Crippen LogP) is 2.60. The molecule has 0 fully saturated rings. The summed E-state index contributed by atoms with van der Waals surface area (Å²) < 4.78 is 21.2. The van der Waals surface area contributed by atoms with Gasteiger partial charge in [-0.3, -0.25) is 4.40 Å². The zero-order valence-electron chi connectivity index (χ0n) is 9.62. The summed E-state index contributed by atoms with van der Waals surface area (Å²) in [5.41, 5.74) is 0.661. The van der Waals surface area contributed by atoms with E-state index in [4.69, 9.17) is 4.74 Å². The highest BCUT2D eigenvalue weighted by Gasteiger charge is 2.07. The van der Waals surface area contributed by atoms with Crippen LogP contribution in [0.5, 0.6) is 5.75 Å². The number of hydrogen-bond acceptors (Lipinski definition) is 4. The largest absolute Gasteiger partial charge is 0.482 e. The van der Waals surface area contributed by atoms with Crippen LogP contribution in [0.15, 0.2) is 41.4 Å². The zero-order valence-corrected chi connectivity index (χ0v) is 11.2. The number of ether oxygens (including phenoxy) is 1. The first-order chi connectivity index (χ1) is 9.22. The summed E-state index contributed by atoms with van der Waals surface area (Å²) in [4.78, 5) is 11.9. The van der Waals surface area contributed by atoms with Gasteiger partial charge < -0.3 is 4.74 Å². The predicted molar refractivity (Wildman–Crippen MR) is 69.2 cm³/mol. The van der Waals surface area contributed by atoms with Gasteiger partial charge in [0.2, 0.25) is 5.78 Å². The van der Waals surface area contributed by atoms with Crippen molar-refractivity contribution in [3.8, 4) is 5.75 Å². The minimum atomic E-state index is -0.632. The Balaban J connectivity index is 1.80. The molecule has 0 aromatic carbocycles. The lowest BCUT2D eigenvalue weighted by molar-refractivity contribution is 0.282. The Morgan fingerprint density at radius 2 is 2.21 bits per heavy atom. The van der Waals surface area contributed by atoms with Crippen molar-refractivity contribution in [1.29, 1.82) is 0 Å². The summed E-state index contributed by atoms with van der Waals surface area (Å²) in [6, 6.07) is 3.13. The second kappa shape index (κ2) is 4.93. The van der Waals surface area contributed by atoms with Gasteiger partial charge in [0.05, 0.1) is 10.2 Å². The molecule has 0 bridgehead atoms. The lowest BCUT2D eigenvalue weighted by atomic mass is 10.4. The molecule has 0 N–H and O–H groups in total. The first kappa shape index (κ1) is 12.0. The zero-order chi connectivity index (χ0) is 13.2. The van der Waals surface area contributed by atoms with Crippen molar-refractivity contribution in [3.05, 3.63) is 53.0 Å². The summed E-state index contributed by atoms with van der Waals surface area (Å²) >= 11 is 3.33. The molecule has 0 saturated heterocycles. The first-order valence-corrected chi connectivity index (χ1v) is 6.24. The highest BCUT2D eigenvalue weighted by atomic mass is 79.9. The smallest absolute Gasteiger partial charge is 0.255 e. The van der Waals surface area contributed by atoms with Crippen LogP contribution in [0.25, 0.3) is 5.78 Å². The maximum Gasteiger partial charge on any atom is 0.255 e. The van der Waals surface area contributed by atoms with Crippen molar-refractivity contribution >= 4 is 21.7 Å². The molecule has 0 amide bonds. The number of pyridine rings is 1. The Bertz CT molecular complexity index is 731. The van der Waals surface area contributed by atoms with E-state index >= 15 is 0 Å². The van der Waals surface area contributed by atoms with Crippen LogP contribution in [0.4, 0.5) is 4.39 Å². The molecule has 7 heteroatoms. The Hall–Kier alpha value is -2.02. The van der Waals surface area contributed by atoms with E-state index in [1.165, 1.54) is 12.3 Å². The van der Waals surface area contributed by atoms with Crippen LogP contribution >= 0.6 is 15.9 Å². The molecule has 5 nitrogen and oxygen atoms in total. The lowest BCUT2D eigenvalue weighted by Gasteiger charge is -2.03. The maximum atomic E-state index is 13.3. The quantitative estimate of drug-likeness (QED) is 0.695. The van der Waals surface area contributed by atoms with E-state index in [0.717, 1.165) is 4.47 Å².